The molecule has 112 valence electrons. The lowest BCUT2D eigenvalue weighted by atomic mass is 10.2. The van der Waals surface area contributed by atoms with E-state index in [2.05, 4.69) is 15.0 Å². The number of hydrogen-bond acceptors (Lipinski definition) is 4. The maximum absolute atomic E-state index is 11.1. The minimum absolute atomic E-state index is 0.192. The van der Waals surface area contributed by atoms with Crippen molar-refractivity contribution in [1.29, 1.82) is 0 Å². The third kappa shape index (κ3) is 3.04. The summed E-state index contributed by atoms with van der Waals surface area (Å²) in [6, 6.07) is 6.52. The van der Waals surface area contributed by atoms with E-state index in [9.17, 15) is 4.79 Å². The van der Waals surface area contributed by atoms with E-state index in [1.54, 1.807) is 24.4 Å². The first kappa shape index (κ1) is 15.1. The van der Waals surface area contributed by atoms with Crippen LogP contribution in [0.2, 0.25) is 10.0 Å². The molecule has 0 aliphatic heterocycles. The number of pyridine rings is 1. The lowest BCUT2D eigenvalue weighted by molar-refractivity contribution is 0.0695. The Morgan fingerprint density at radius 1 is 1.32 bits per heavy atom. The van der Waals surface area contributed by atoms with Gasteiger partial charge in [-0.1, -0.05) is 35.0 Å². The van der Waals surface area contributed by atoms with Gasteiger partial charge in [0.25, 0.3) is 0 Å². The van der Waals surface area contributed by atoms with Gasteiger partial charge in [0, 0.05) is 11.9 Å². The van der Waals surface area contributed by atoms with Crippen LogP contribution >= 0.6 is 35.0 Å². The Bertz CT molecular complexity index is 827. The van der Waals surface area contributed by atoms with E-state index in [0.29, 0.717) is 32.2 Å². The number of H-pyrrole nitrogens is 1. The topological polar surface area (TPSA) is 78.9 Å². The zero-order valence-electron chi connectivity index (χ0n) is 11.0. The van der Waals surface area contributed by atoms with Gasteiger partial charge in [0.2, 0.25) is 0 Å². The Balaban J connectivity index is 1.84. The molecule has 8 heteroatoms. The number of aromatic amines is 1. The van der Waals surface area contributed by atoms with E-state index in [1.807, 2.05) is 0 Å². The number of aromatic nitrogens is 3. The molecule has 0 amide bonds. The van der Waals surface area contributed by atoms with Gasteiger partial charge in [-0.25, -0.2) is 9.78 Å². The number of hydrogen-bond donors (Lipinski definition) is 2. The molecular formula is C14H9Cl2N3O2S. The summed E-state index contributed by atoms with van der Waals surface area (Å²) < 4.78 is 0. The third-order valence-electron chi connectivity index (χ3n) is 2.97. The number of thioether (sulfide) groups is 1. The van der Waals surface area contributed by atoms with E-state index in [-0.39, 0.29) is 5.56 Å². The van der Waals surface area contributed by atoms with Gasteiger partial charge in [0.1, 0.15) is 0 Å². The van der Waals surface area contributed by atoms with Crippen LogP contribution in [0.4, 0.5) is 0 Å². The van der Waals surface area contributed by atoms with Crippen LogP contribution in [-0.2, 0) is 5.75 Å². The van der Waals surface area contributed by atoms with Crippen LogP contribution in [0.3, 0.4) is 0 Å². The van der Waals surface area contributed by atoms with Crippen molar-refractivity contribution in [2.24, 2.45) is 0 Å². The molecule has 0 bridgehead atoms. The first-order valence-electron chi connectivity index (χ1n) is 6.19. The van der Waals surface area contributed by atoms with Crippen LogP contribution in [0.15, 0.2) is 35.6 Å². The van der Waals surface area contributed by atoms with Crippen molar-refractivity contribution < 1.29 is 9.90 Å². The van der Waals surface area contributed by atoms with Crippen LogP contribution < -0.4 is 0 Å². The number of carboxylic acid groups (broad SMARTS) is 1. The fourth-order valence-electron chi connectivity index (χ4n) is 1.93. The molecule has 0 spiro atoms. The molecule has 1 aromatic carbocycles. The molecule has 0 radical (unpaired) electrons. The summed E-state index contributed by atoms with van der Waals surface area (Å²) in [6.07, 6.45) is 1.57. The first-order chi connectivity index (χ1) is 10.5. The van der Waals surface area contributed by atoms with Gasteiger partial charge in [0.15, 0.2) is 5.16 Å². The van der Waals surface area contributed by atoms with Crippen LogP contribution in [0.1, 0.15) is 16.1 Å². The maximum Gasteiger partial charge on any atom is 0.337 e. The van der Waals surface area contributed by atoms with Gasteiger partial charge < -0.3 is 10.1 Å². The molecule has 0 aliphatic rings. The zero-order chi connectivity index (χ0) is 15.7. The highest BCUT2D eigenvalue weighted by Crippen LogP contribution is 2.29. The summed E-state index contributed by atoms with van der Waals surface area (Å²) in [4.78, 5) is 22.8. The van der Waals surface area contributed by atoms with Crippen molar-refractivity contribution in [2.75, 3.05) is 0 Å². The molecule has 0 atom stereocenters. The molecule has 2 aromatic heterocycles. The maximum atomic E-state index is 11.1. The molecule has 0 saturated heterocycles. The standard InChI is InChI=1S/C14H9Cl2N3O2S/c15-8-4-10-11(5-9(8)16)19-14(18-10)22-6-12-7(13(20)21)2-1-3-17-12/h1-5H,6H2,(H,18,19)(H,20,21). The average molecular weight is 354 g/mol. The van der Waals surface area contributed by atoms with Crippen LogP contribution in [0.25, 0.3) is 11.0 Å². The number of aromatic carboxylic acids is 1. The van der Waals surface area contributed by atoms with Crippen molar-refractivity contribution in [3.63, 3.8) is 0 Å². The lowest BCUT2D eigenvalue weighted by Gasteiger charge is -2.02. The number of fused-ring (bicyclic) bond motifs is 1. The van der Waals surface area contributed by atoms with Crippen molar-refractivity contribution in [1.82, 2.24) is 15.0 Å². The monoisotopic (exact) mass is 353 g/mol. The summed E-state index contributed by atoms with van der Waals surface area (Å²) >= 11 is 13.3. The largest absolute Gasteiger partial charge is 0.478 e. The van der Waals surface area contributed by atoms with Gasteiger partial charge in [0.05, 0.1) is 32.3 Å². The molecule has 0 saturated carbocycles. The van der Waals surface area contributed by atoms with E-state index in [4.69, 9.17) is 28.3 Å². The SMILES string of the molecule is O=C(O)c1cccnc1CSc1nc2cc(Cl)c(Cl)cc2[nH]1. The second kappa shape index (κ2) is 6.16. The third-order valence-corrected chi connectivity index (χ3v) is 4.58. The fourth-order valence-corrected chi connectivity index (χ4v) is 3.10. The predicted molar refractivity (Wildman–Crippen MR) is 86.9 cm³/mol. The Labute approximate surface area is 139 Å². The van der Waals surface area contributed by atoms with Crippen LogP contribution in [-0.4, -0.2) is 26.0 Å². The van der Waals surface area contributed by atoms with Gasteiger partial charge in [-0.05, 0) is 24.3 Å². The molecular weight excluding hydrogens is 345 g/mol. The Morgan fingerprint density at radius 3 is 2.86 bits per heavy atom. The highest BCUT2D eigenvalue weighted by atomic mass is 35.5. The van der Waals surface area contributed by atoms with Gasteiger partial charge in [-0.15, -0.1) is 0 Å². The molecule has 2 heterocycles. The average Bonchev–Trinajstić information content (AvgIpc) is 2.87. The number of nitrogens with zero attached hydrogens (tertiary/aromatic N) is 2. The number of rotatable bonds is 4. The molecule has 2 N–H and O–H groups in total. The molecule has 0 fully saturated rings. The predicted octanol–water partition coefficient (Wildman–Crippen LogP) is 4.26. The van der Waals surface area contributed by atoms with Gasteiger partial charge in [-0.2, -0.15) is 0 Å². The number of benzene rings is 1. The fraction of sp³-hybridized carbons (Fsp3) is 0.0714. The summed E-state index contributed by atoms with van der Waals surface area (Å²) in [5.74, 6) is -0.601. The smallest absolute Gasteiger partial charge is 0.337 e. The number of halogens is 2. The van der Waals surface area contributed by atoms with Crippen LogP contribution in [0.5, 0.6) is 0 Å². The lowest BCUT2D eigenvalue weighted by Crippen LogP contribution is -2.03. The van der Waals surface area contributed by atoms with Crippen molar-refractivity contribution in [3.05, 3.63) is 51.8 Å². The second-order valence-corrected chi connectivity index (χ2v) is 6.20. The molecule has 3 rings (SSSR count). The number of carboxylic acids is 1. The number of carbonyl (C=O) groups is 1. The molecule has 0 aliphatic carbocycles. The number of imidazole rings is 1. The summed E-state index contributed by atoms with van der Waals surface area (Å²) in [5.41, 5.74) is 2.17. The molecule has 22 heavy (non-hydrogen) atoms. The van der Waals surface area contributed by atoms with E-state index < -0.39 is 5.97 Å². The Morgan fingerprint density at radius 2 is 2.09 bits per heavy atom. The first-order valence-corrected chi connectivity index (χ1v) is 7.93. The molecule has 0 unspecified atom stereocenters. The molecule has 3 aromatic rings. The van der Waals surface area contributed by atoms with E-state index in [1.165, 1.54) is 17.8 Å². The zero-order valence-corrected chi connectivity index (χ0v) is 13.3. The Hall–Kier alpha value is -1.76. The van der Waals surface area contributed by atoms with Crippen molar-refractivity contribution in [3.8, 4) is 0 Å². The van der Waals surface area contributed by atoms with Crippen molar-refractivity contribution in [2.45, 2.75) is 10.9 Å². The summed E-state index contributed by atoms with van der Waals surface area (Å²) in [7, 11) is 0. The number of nitrogens with one attached hydrogen (secondary N) is 1. The van der Waals surface area contributed by atoms with E-state index >= 15 is 0 Å². The quantitative estimate of drug-likeness (QED) is 0.685. The summed E-state index contributed by atoms with van der Waals surface area (Å²) in [5, 5.41) is 10.7. The highest BCUT2D eigenvalue weighted by molar-refractivity contribution is 7.98. The van der Waals surface area contributed by atoms with Crippen LogP contribution in [0, 0.1) is 0 Å². The molecule has 5 nitrogen and oxygen atoms in total. The second-order valence-electron chi connectivity index (χ2n) is 4.42. The highest BCUT2D eigenvalue weighted by Gasteiger charge is 2.12. The minimum Gasteiger partial charge on any atom is -0.478 e. The van der Waals surface area contributed by atoms with Crippen molar-refractivity contribution >= 4 is 52.0 Å². The van der Waals surface area contributed by atoms with Gasteiger partial charge in [-0.3, -0.25) is 4.98 Å². The minimum atomic E-state index is -0.994. The Kier molecular flexibility index (Phi) is 4.24. The summed E-state index contributed by atoms with van der Waals surface area (Å²) in [6.45, 7) is 0. The van der Waals surface area contributed by atoms with Gasteiger partial charge >= 0.3 is 5.97 Å². The normalized spacial score (nSPS) is 11.0. The van der Waals surface area contributed by atoms with E-state index in [0.717, 1.165) is 5.52 Å².